The fourth-order valence-electron chi connectivity index (χ4n) is 2.41. The Balaban J connectivity index is 2.57. The summed E-state index contributed by atoms with van der Waals surface area (Å²) in [6, 6.07) is 2.81. The lowest BCUT2D eigenvalue weighted by atomic mass is 9.94. The molecule has 0 saturated carbocycles. The molecule has 2 atom stereocenters. The first-order valence-corrected chi connectivity index (χ1v) is 6.81. The lowest BCUT2D eigenvalue weighted by molar-refractivity contribution is 0.359. The molecule has 0 saturated heterocycles. The smallest absolute Gasteiger partial charge is 0.0596 e. The summed E-state index contributed by atoms with van der Waals surface area (Å²) in [6.45, 7) is 9.99. The minimum atomic E-state index is 0.616. The minimum absolute atomic E-state index is 0.616. The van der Waals surface area contributed by atoms with Gasteiger partial charge in [0.2, 0.25) is 0 Å². The monoisotopic (exact) mass is 237 g/mol. The van der Waals surface area contributed by atoms with Crippen molar-refractivity contribution in [1.82, 2.24) is 15.1 Å². The van der Waals surface area contributed by atoms with Crippen molar-refractivity contribution in [3.05, 3.63) is 17.5 Å². The zero-order valence-electron chi connectivity index (χ0n) is 12.0. The van der Waals surface area contributed by atoms with Gasteiger partial charge in [0.05, 0.1) is 5.69 Å². The first-order chi connectivity index (χ1) is 8.08. The van der Waals surface area contributed by atoms with Crippen molar-refractivity contribution in [2.75, 3.05) is 6.54 Å². The lowest BCUT2D eigenvalue weighted by Crippen LogP contribution is -2.36. The molecule has 0 amide bonds. The Kier molecular flexibility index (Phi) is 5.69. The lowest BCUT2D eigenvalue weighted by Gasteiger charge is -2.24. The summed E-state index contributed by atoms with van der Waals surface area (Å²) in [5.41, 5.74) is 2.45. The number of aryl methyl sites for hydroxylation is 2. The molecule has 1 N–H and O–H groups in total. The third-order valence-electron chi connectivity index (χ3n) is 3.41. The number of rotatable bonds is 7. The second-order valence-electron chi connectivity index (χ2n) is 5.05. The van der Waals surface area contributed by atoms with Crippen LogP contribution in [-0.4, -0.2) is 22.4 Å². The molecule has 3 heteroatoms. The van der Waals surface area contributed by atoms with Gasteiger partial charge in [-0.3, -0.25) is 4.68 Å². The van der Waals surface area contributed by atoms with E-state index in [0.717, 1.165) is 18.7 Å². The van der Waals surface area contributed by atoms with E-state index in [-0.39, 0.29) is 0 Å². The summed E-state index contributed by atoms with van der Waals surface area (Å²) < 4.78 is 2.01. The fourth-order valence-corrected chi connectivity index (χ4v) is 2.41. The fraction of sp³-hybridized carbons (Fsp3) is 0.786. The van der Waals surface area contributed by atoms with Crippen LogP contribution in [0.4, 0.5) is 0 Å². The normalized spacial score (nSPS) is 14.9. The second kappa shape index (κ2) is 6.80. The number of hydrogen-bond acceptors (Lipinski definition) is 2. The average Bonchev–Trinajstić information content (AvgIpc) is 2.58. The highest BCUT2D eigenvalue weighted by molar-refractivity contribution is 5.09. The predicted molar refractivity (Wildman–Crippen MR) is 73.2 cm³/mol. The van der Waals surface area contributed by atoms with Crippen LogP contribution in [0.3, 0.4) is 0 Å². The summed E-state index contributed by atoms with van der Waals surface area (Å²) in [4.78, 5) is 0. The Morgan fingerprint density at radius 1 is 1.41 bits per heavy atom. The first-order valence-electron chi connectivity index (χ1n) is 6.81. The molecule has 0 aromatic carbocycles. The number of nitrogens with one attached hydrogen (secondary N) is 1. The Hall–Kier alpha value is -0.830. The van der Waals surface area contributed by atoms with Gasteiger partial charge in [-0.05, 0) is 44.7 Å². The molecule has 0 aliphatic heterocycles. The first kappa shape index (κ1) is 14.2. The van der Waals surface area contributed by atoms with Gasteiger partial charge in [-0.25, -0.2) is 0 Å². The van der Waals surface area contributed by atoms with E-state index in [1.54, 1.807) is 0 Å². The largest absolute Gasteiger partial charge is 0.314 e. The summed E-state index contributed by atoms with van der Waals surface area (Å²) in [6.07, 6.45) is 3.50. The Morgan fingerprint density at radius 3 is 2.59 bits per heavy atom. The highest BCUT2D eigenvalue weighted by Gasteiger charge is 2.16. The van der Waals surface area contributed by atoms with Gasteiger partial charge in [-0.2, -0.15) is 5.10 Å². The van der Waals surface area contributed by atoms with Gasteiger partial charge in [0, 0.05) is 18.8 Å². The van der Waals surface area contributed by atoms with E-state index in [2.05, 4.69) is 44.2 Å². The molecule has 1 rings (SSSR count). The van der Waals surface area contributed by atoms with Crippen molar-refractivity contribution < 1.29 is 0 Å². The van der Waals surface area contributed by atoms with E-state index in [1.807, 2.05) is 11.7 Å². The molecule has 0 aliphatic rings. The van der Waals surface area contributed by atoms with E-state index in [4.69, 9.17) is 0 Å². The van der Waals surface area contributed by atoms with Crippen LogP contribution in [0.1, 0.15) is 45.0 Å². The second-order valence-corrected chi connectivity index (χ2v) is 5.05. The van der Waals surface area contributed by atoms with Crippen LogP contribution in [0.15, 0.2) is 6.07 Å². The highest BCUT2D eigenvalue weighted by Crippen LogP contribution is 2.15. The highest BCUT2D eigenvalue weighted by atomic mass is 15.3. The van der Waals surface area contributed by atoms with Gasteiger partial charge in [0.25, 0.3) is 0 Å². The van der Waals surface area contributed by atoms with Crippen LogP contribution >= 0.6 is 0 Å². The standard InChI is InChI=1S/C14H27N3/c1-6-8-15-14(7-2)11(3)9-13-10-12(4)16-17(13)5/h10-11,14-15H,6-9H2,1-5H3. The molecule has 17 heavy (non-hydrogen) atoms. The SMILES string of the molecule is CCCNC(CC)C(C)Cc1cc(C)nn1C. The molecular weight excluding hydrogens is 210 g/mol. The maximum atomic E-state index is 4.41. The predicted octanol–water partition coefficient (Wildman–Crippen LogP) is 2.69. The molecule has 0 aliphatic carbocycles. The quantitative estimate of drug-likeness (QED) is 0.790. The molecule has 3 nitrogen and oxygen atoms in total. The van der Waals surface area contributed by atoms with E-state index in [0.29, 0.717) is 12.0 Å². The van der Waals surface area contributed by atoms with Crippen molar-refractivity contribution in [3.8, 4) is 0 Å². The Labute approximate surface area is 106 Å². The number of aromatic nitrogens is 2. The molecule has 0 spiro atoms. The molecule has 0 radical (unpaired) electrons. The third kappa shape index (κ3) is 4.15. The maximum Gasteiger partial charge on any atom is 0.0596 e. The zero-order chi connectivity index (χ0) is 12.8. The Bertz CT molecular complexity index is 330. The molecule has 98 valence electrons. The van der Waals surface area contributed by atoms with Gasteiger partial charge < -0.3 is 5.32 Å². The van der Waals surface area contributed by atoms with Crippen molar-refractivity contribution in [2.45, 2.75) is 53.0 Å². The van der Waals surface area contributed by atoms with Crippen LogP contribution in [0.25, 0.3) is 0 Å². The third-order valence-corrected chi connectivity index (χ3v) is 3.41. The summed E-state index contributed by atoms with van der Waals surface area (Å²) in [5, 5.41) is 8.04. The van der Waals surface area contributed by atoms with Gasteiger partial charge in [-0.1, -0.05) is 20.8 Å². The van der Waals surface area contributed by atoms with E-state index in [1.165, 1.54) is 18.5 Å². The molecule has 1 aromatic rings. The van der Waals surface area contributed by atoms with E-state index >= 15 is 0 Å². The summed E-state index contributed by atoms with van der Waals surface area (Å²) >= 11 is 0. The molecule has 2 unspecified atom stereocenters. The van der Waals surface area contributed by atoms with Crippen molar-refractivity contribution >= 4 is 0 Å². The van der Waals surface area contributed by atoms with Gasteiger partial charge in [0.15, 0.2) is 0 Å². The van der Waals surface area contributed by atoms with Crippen molar-refractivity contribution in [3.63, 3.8) is 0 Å². The van der Waals surface area contributed by atoms with E-state index < -0.39 is 0 Å². The molecule has 0 bridgehead atoms. The summed E-state index contributed by atoms with van der Waals surface area (Å²) in [5.74, 6) is 0.654. The topological polar surface area (TPSA) is 29.9 Å². The van der Waals surface area contributed by atoms with Crippen LogP contribution in [0.5, 0.6) is 0 Å². The van der Waals surface area contributed by atoms with Crippen LogP contribution < -0.4 is 5.32 Å². The van der Waals surface area contributed by atoms with Crippen molar-refractivity contribution in [2.24, 2.45) is 13.0 Å². The van der Waals surface area contributed by atoms with Crippen LogP contribution in [-0.2, 0) is 13.5 Å². The molecule has 1 heterocycles. The average molecular weight is 237 g/mol. The van der Waals surface area contributed by atoms with Gasteiger partial charge >= 0.3 is 0 Å². The summed E-state index contributed by atoms with van der Waals surface area (Å²) in [7, 11) is 2.04. The zero-order valence-corrected chi connectivity index (χ0v) is 12.0. The van der Waals surface area contributed by atoms with Gasteiger partial charge in [0.1, 0.15) is 0 Å². The van der Waals surface area contributed by atoms with E-state index in [9.17, 15) is 0 Å². The maximum absolute atomic E-state index is 4.41. The van der Waals surface area contributed by atoms with Gasteiger partial charge in [-0.15, -0.1) is 0 Å². The Morgan fingerprint density at radius 2 is 2.12 bits per heavy atom. The van der Waals surface area contributed by atoms with Crippen LogP contribution in [0.2, 0.25) is 0 Å². The number of nitrogens with zero attached hydrogens (tertiary/aromatic N) is 2. The number of hydrogen-bond donors (Lipinski definition) is 1. The molecular formula is C14H27N3. The van der Waals surface area contributed by atoms with Crippen LogP contribution in [0, 0.1) is 12.8 Å². The molecule has 0 fully saturated rings. The minimum Gasteiger partial charge on any atom is -0.314 e. The molecule has 1 aromatic heterocycles. The van der Waals surface area contributed by atoms with Crippen molar-refractivity contribution in [1.29, 1.82) is 0 Å².